The summed E-state index contributed by atoms with van der Waals surface area (Å²) in [6.07, 6.45) is 9.31. The molecular formula is C17H23N5O. The summed E-state index contributed by atoms with van der Waals surface area (Å²) >= 11 is 0. The highest BCUT2D eigenvalue weighted by Gasteiger charge is 2.48. The van der Waals surface area contributed by atoms with Crippen LogP contribution < -0.4 is 4.90 Å². The largest absolute Gasteiger partial charge is 0.469 e. The molecule has 2 aromatic heterocycles. The third-order valence-corrected chi connectivity index (χ3v) is 6.08. The molecule has 2 saturated carbocycles. The van der Waals surface area contributed by atoms with Gasteiger partial charge in [-0.15, -0.1) is 0 Å². The summed E-state index contributed by atoms with van der Waals surface area (Å²) in [5.74, 6) is 3.84. The van der Waals surface area contributed by atoms with Gasteiger partial charge in [0.2, 0.25) is 5.95 Å². The molecule has 0 amide bonds. The standard InChI is InChI=1S/C17H23N5O/c1-11(5-16-3-2-4-23-16)22-17(18-19-20-22)21-14-7-12-6-13(9-14)10-15(21)8-12/h2-4,11-15H,5-10H2,1H3. The van der Waals surface area contributed by atoms with Crippen LogP contribution in [-0.4, -0.2) is 32.3 Å². The van der Waals surface area contributed by atoms with Crippen molar-refractivity contribution < 1.29 is 4.42 Å². The molecule has 2 saturated heterocycles. The monoisotopic (exact) mass is 313 g/mol. The van der Waals surface area contributed by atoms with Crippen molar-refractivity contribution in [2.45, 2.75) is 63.6 Å². The fourth-order valence-corrected chi connectivity index (χ4v) is 5.31. The fourth-order valence-electron chi connectivity index (χ4n) is 5.31. The van der Waals surface area contributed by atoms with Crippen LogP contribution >= 0.6 is 0 Å². The van der Waals surface area contributed by atoms with Crippen LogP contribution in [0.25, 0.3) is 0 Å². The Morgan fingerprint density at radius 3 is 2.57 bits per heavy atom. The Kier molecular flexibility index (Phi) is 3.00. The van der Waals surface area contributed by atoms with E-state index in [1.165, 1.54) is 32.1 Å². The molecule has 0 spiro atoms. The SMILES string of the molecule is CC(Cc1ccco1)n1nnnc1N1C2CC3CC(C2)CC1C3. The van der Waals surface area contributed by atoms with Gasteiger partial charge in [0.25, 0.3) is 0 Å². The topological polar surface area (TPSA) is 60.0 Å². The number of furan rings is 1. The summed E-state index contributed by atoms with van der Waals surface area (Å²) in [5.41, 5.74) is 0. The Morgan fingerprint density at radius 1 is 1.17 bits per heavy atom. The van der Waals surface area contributed by atoms with E-state index in [2.05, 4.69) is 27.3 Å². The van der Waals surface area contributed by atoms with E-state index in [0.29, 0.717) is 12.1 Å². The summed E-state index contributed by atoms with van der Waals surface area (Å²) in [4.78, 5) is 2.55. The molecule has 0 aromatic carbocycles. The number of piperidine rings is 2. The molecule has 2 aromatic rings. The smallest absolute Gasteiger partial charge is 0.246 e. The van der Waals surface area contributed by atoms with Gasteiger partial charge >= 0.3 is 0 Å². The first-order valence-corrected chi connectivity index (χ1v) is 8.86. The lowest BCUT2D eigenvalue weighted by molar-refractivity contribution is 0.0872. The molecule has 4 bridgehead atoms. The van der Waals surface area contributed by atoms with Gasteiger partial charge in [-0.05, 0) is 73.4 Å². The van der Waals surface area contributed by atoms with E-state index in [0.717, 1.165) is 30.0 Å². The van der Waals surface area contributed by atoms with Crippen LogP contribution in [0.15, 0.2) is 22.8 Å². The first-order valence-electron chi connectivity index (χ1n) is 8.86. The second-order valence-corrected chi connectivity index (χ2v) is 7.68. The second kappa shape index (κ2) is 5.08. The molecule has 2 aliphatic heterocycles. The molecule has 4 fully saturated rings. The summed E-state index contributed by atoms with van der Waals surface area (Å²) in [7, 11) is 0. The van der Waals surface area contributed by atoms with Crippen molar-refractivity contribution in [1.29, 1.82) is 0 Å². The average Bonchev–Trinajstić information content (AvgIpc) is 3.17. The van der Waals surface area contributed by atoms with Crippen molar-refractivity contribution in [3.8, 4) is 0 Å². The summed E-state index contributed by atoms with van der Waals surface area (Å²) in [5, 5.41) is 12.7. The van der Waals surface area contributed by atoms with E-state index >= 15 is 0 Å². The molecule has 2 aliphatic carbocycles. The fraction of sp³-hybridized carbons (Fsp3) is 0.706. The zero-order valence-corrected chi connectivity index (χ0v) is 13.5. The molecule has 6 heteroatoms. The number of nitrogens with zero attached hydrogens (tertiary/aromatic N) is 5. The van der Waals surface area contributed by atoms with E-state index in [-0.39, 0.29) is 6.04 Å². The number of tetrazole rings is 1. The number of aromatic nitrogens is 4. The van der Waals surface area contributed by atoms with Crippen molar-refractivity contribution in [2.75, 3.05) is 4.90 Å². The Balaban J connectivity index is 1.42. The normalized spacial score (nSPS) is 33.3. The van der Waals surface area contributed by atoms with Crippen LogP contribution in [0.1, 0.15) is 50.8 Å². The predicted molar refractivity (Wildman–Crippen MR) is 85.1 cm³/mol. The zero-order valence-electron chi connectivity index (χ0n) is 13.5. The number of anilines is 1. The second-order valence-electron chi connectivity index (χ2n) is 7.68. The number of hydrogen-bond donors (Lipinski definition) is 0. The maximum absolute atomic E-state index is 5.49. The Morgan fingerprint density at radius 2 is 1.91 bits per heavy atom. The van der Waals surface area contributed by atoms with Gasteiger partial charge < -0.3 is 9.32 Å². The van der Waals surface area contributed by atoms with Crippen LogP contribution in [0, 0.1) is 11.8 Å². The molecule has 1 atom stereocenters. The Bertz CT molecular complexity index is 651. The van der Waals surface area contributed by atoms with Gasteiger partial charge in [0.15, 0.2) is 0 Å². The molecule has 6 rings (SSSR count). The summed E-state index contributed by atoms with van der Waals surface area (Å²) < 4.78 is 7.49. The molecule has 6 nitrogen and oxygen atoms in total. The lowest BCUT2D eigenvalue weighted by Crippen LogP contribution is -2.59. The maximum atomic E-state index is 5.49. The lowest BCUT2D eigenvalue weighted by atomic mass is 9.64. The number of hydrogen-bond acceptors (Lipinski definition) is 5. The molecule has 4 aliphatic rings. The van der Waals surface area contributed by atoms with Gasteiger partial charge in [0, 0.05) is 18.5 Å². The van der Waals surface area contributed by atoms with E-state index in [1.54, 1.807) is 6.26 Å². The van der Waals surface area contributed by atoms with Gasteiger partial charge in [-0.25, -0.2) is 4.68 Å². The van der Waals surface area contributed by atoms with Crippen LogP contribution in [0.3, 0.4) is 0 Å². The van der Waals surface area contributed by atoms with Crippen molar-refractivity contribution in [2.24, 2.45) is 11.8 Å². The summed E-state index contributed by atoms with van der Waals surface area (Å²) in [6.45, 7) is 2.17. The third-order valence-electron chi connectivity index (χ3n) is 6.08. The van der Waals surface area contributed by atoms with Gasteiger partial charge in [-0.3, -0.25) is 0 Å². The quantitative estimate of drug-likeness (QED) is 0.868. The molecule has 23 heavy (non-hydrogen) atoms. The van der Waals surface area contributed by atoms with E-state index in [1.807, 2.05) is 16.8 Å². The molecule has 0 radical (unpaired) electrons. The van der Waals surface area contributed by atoms with E-state index in [4.69, 9.17) is 4.42 Å². The highest BCUT2D eigenvalue weighted by atomic mass is 16.3. The minimum absolute atomic E-state index is 0.198. The average molecular weight is 313 g/mol. The highest BCUT2D eigenvalue weighted by molar-refractivity contribution is 5.37. The molecule has 122 valence electrons. The Hall–Kier alpha value is -1.85. The van der Waals surface area contributed by atoms with Crippen molar-refractivity contribution >= 4 is 5.95 Å². The maximum Gasteiger partial charge on any atom is 0.246 e. The Labute approximate surface area is 135 Å². The molecule has 1 unspecified atom stereocenters. The van der Waals surface area contributed by atoms with Crippen molar-refractivity contribution in [1.82, 2.24) is 20.2 Å². The van der Waals surface area contributed by atoms with Crippen LogP contribution in [-0.2, 0) is 6.42 Å². The van der Waals surface area contributed by atoms with Gasteiger partial charge in [-0.1, -0.05) is 5.10 Å². The third kappa shape index (κ3) is 2.18. The first-order chi connectivity index (χ1) is 11.3. The predicted octanol–water partition coefficient (Wildman–Crippen LogP) is 2.84. The van der Waals surface area contributed by atoms with Crippen molar-refractivity contribution in [3.63, 3.8) is 0 Å². The van der Waals surface area contributed by atoms with E-state index < -0.39 is 0 Å². The molecule has 0 N–H and O–H groups in total. The van der Waals surface area contributed by atoms with Crippen molar-refractivity contribution in [3.05, 3.63) is 24.2 Å². The number of rotatable bonds is 4. The van der Waals surface area contributed by atoms with Crippen LogP contribution in [0.4, 0.5) is 5.95 Å². The zero-order chi connectivity index (χ0) is 15.4. The molecule has 4 heterocycles. The van der Waals surface area contributed by atoms with E-state index in [9.17, 15) is 0 Å². The first kappa shape index (κ1) is 13.6. The van der Waals surface area contributed by atoms with Gasteiger partial charge in [0.1, 0.15) is 5.76 Å². The molecular weight excluding hydrogens is 290 g/mol. The van der Waals surface area contributed by atoms with Gasteiger partial charge in [0.05, 0.1) is 12.3 Å². The summed E-state index contributed by atoms with van der Waals surface area (Å²) in [6, 6.07) is 5.44. The highest BCUT2D eigenvalue weighted by Crippen LogP contribution is 2.50. The lowest BCUT2D eigenvalue weighted by Gasteiger charge is -2.56. The van der Waals surface area contributed by atoms with Crippen LogP contribution in [0.2, 0.25) is 0 Å². The minimum atomic E-state index is 0.198. The van der Waals surface area contributed by atoms with Crippen LogP contribution in [0.5, 0.6) is 0 Å². The van der Waals surface area contributed by atoms with Gasteiger partial charge in [-0.2, -0.15) is 0 Å². The minimum Gasteiger partial charge on any atom is -0.469 e.